The van der Waals surface area contributed by atoms with Gasteiger partial charge in [-0.15, -0.1) is 0 Å². The normalized spacial score (nSPS) is 10.3. The van der Waals surface area contributed by atoms with Gasteiger partial charge in [0, 0.05) is 17.3 Å². The lowest BCUT2D eigenvalue weighted by atomic mass is 10.2. The maximum Gasteiger partial charge on any atom is 0.294 e. The minimum Gasteiger partial charge on any atom is -0.457 e. The van der Waals surface area contributed by atoms with Gasteiger partial charge < -0.3 is 20.3 Å². The van der Waals surface area contributed by atoms with Gasteiger partial charge in [0.1, 0.15) is 11.5 Å². The molecule has 0 aliphatic rings. The van der Waals surface area contributed by atoms with Crippen molar-refractivity contribution in [1.82, 2.24) is 5.16 Å². The largest absolute Gasteiger partial charge is 0.457 e. The number of amides is 2. The molecular formula is C18H15N3O4. The van der Waals surface area contributed by atoms with Crippen molar-refractivity contribution < 1.29 is 18.8 Å². The summed E-state index contributed by atoms with van der Waals surface area (Å²) in [6.07, 6.45) is 0. The molecule has 0 saturated carbocycles. The van der Waals surface area contributed by atoms with Crippen molar-refractivity contribution in [2.75, 3.05) is 5.32 Å². The fraction of sp³-hybridized carbons (Fsp3) is 0.0556. The SMILES string of the molecule is Cc1cc(C(=O)Nc2ccc(Oc3cccc(C(N)=O)c3)cc2)on1. The lowest BCUT2D eigenvalue weighted by molar-refractivity contribution is 0.0984. The number of hydrogen-bond acceptors (Lipinski definition) is 5. The molecule has 0 radical (unpaired) electrons. The molecule has 0 spiro atoms. The molecule has 3 aromatic rings. The highest BCUT2D eigenvalue weighted by atomic mass is 16.5. The minimum atomic E-state index is -0.522. The number of carbonyl (C=O) groups is 2. The molecule has 0 atom stereocenters. The zero-order valence-corrected chi connectivity index (χ0v) is 13.4. The van der Waals surface area contributed by atoms with Gasteiger partial charge in [-0.3, -0.25) is 9.59 Å². The third-order valence-corrected chi connectivity index (χ3v) is 3.32. The first-order valence-corrected chi connectivity index (χ1v) is 7.44. The zero-order valence-electron chi connectivity index (χ0n) is 13.4. The molecule has 2 amide bonds. The Bertz CT molecular complexity index is 916. The lowest BCUT2D eigenvalue weighted by Gasteiger charge is -2.08. The molecule has 126 valence electrons. The lowest BCUT2D eigenvalue weighted by Crippen LogP contribution is -2.10. The second-order valence-corrected chi connectivity index (χ2v) is 5.31. The topological polar surface area (TPSA) is 107 Å². The molecule has 0 fully saturated rings. The third-order valence-electron chi connectivity index (χ3n) is 3.32. The van der Waals surface area contributed by atoms with Crippen LogP contribution < -0.4 is 15.8 Å². The zero-order chi connectivity index (χ0) is 17.8. The van der Waals surface area contributed by atoms with E-state index in [0.717, 1.165) is 0 Å². The van der Waals surface area contributed by atoms with Gasteiger partial charge in [-0.25, -0.2) is 0 Å². The van der Waals surface area contributed by atoms with Crippen LogP contribution in [0, 0.1) is 6.92 Å². The Kier molecular flexibility index (Phi) is 4.47. The van der Waals surface area contributed by atoms with Crippen LogP contribution in [0.15, 0.2) is 59.1 Å². The summed E-state index contributed by atoms with van der Waals surface area (Å²) in [5.41, 5.74) is 6.82. The predicted molar refractivity (Wildman–Crippen MR) is 90.7 cm³/mol. The molecule has 0 aliphatic heterocycles. The number of nitrogens with zero attached hydrogens (tertiary/aromatic N) is 1. The van der Waals surface area contributed by atoms with Crippen molar-refractivity contribution in [3.05, 3.63) is 71.6 Å². The van der Waals surface area contributed by atoms with E-state index >= 15 is 0 Å². The highest BCUT2D eigenvalue weighted by molar-refractivity contribution is 6.02. The van der Waals surface area contributed by atoms with Crippen LogP contribution in [0.3, 0.4) is 0 Å². The van der Waals surface area contributed by atoms with E-state index in [1.54, 1.807) is 61.5 Å². The Morgan fingerprint density at radius 1 is 1.08 bits per heavy atom. The number of carbonyl (C=O) groups excluding carboxylic acids is 2. The highest BCUT2D eigenvalue weighted by Gasteiger charge is 2.11. The van der Waals surface area contributed by atoms with Crippen molar-refractivity contribution in [2.24, 2.45) is 5.73 Å². The second-order valence-electron chi connectivity index (χ2n) is 5.31. The van der Waals surface area contributed by atoms with Crippen LogP contribution >= 0.6 is 0 Å². The molecule has 3 rings (SSSR count). The van der Waals surface area contributed by atoms with Gasteiger partial charge in [0.05, 0.1) is 5.69 Å². The Morgan fingerprint density at radius 2 is 1.84 bits per heavy atom. The summed E-state index contributed by atoms with van der Waals surface area (Å²) < 4.78 is 10.6. The van der Waals surface area contributed by atoms with Crippen LogP contribution in [0.5, 0.6) is 11.5 Å². The summed E-state index contributed by atoms with van der Waals surface area (Å²) in [5, 5.41) is 6.37. The van der Waals surface area contributed by atoms with Gasteiger partial charge in [-0.05, 0) is 49.4 Å². The molecule has 1 heterocycles. The Labute approximate surface area is 143 Å². The summed E-state index contributed by atoms with van der Waals surface area (Å²) in [5.74, 6) is 0.274. The van der Waals surface area contributed by atoms with Gasteiger partial charge in [0.25, 0.3) is 5.91 Å². The molecule has 7 heteroatoms. The van der Waals surface area contributed by atoms with E-state index in [1.165, 1.54) is 0 Å². The molecular weight excluding hydrogens is 322 g/mol. The quantitative estimate of drug-likeness (QED) is 0.743. The Balaban J connectivity index is 1.67. The highest BCUT2D eigenvalue weighted by Crippen LogP contribution is 2.24. The van der Waals surface area contributed by atoms with Crippen LogP contribution in [0.4, 0.5) is 5.69 Å². The van der Waals surface area contributed by atoms with E-state index in [2.05, 4.69) is 10.5 Å². The van der Waals surface area contributed by atoms with E-state index in [9.17, 15) is 9.59 Å². The van der Waals surface area contributed by atoms with E-state index in [-0.39, 0.29) is 11.7 Å². The van der Waals surface area contributed by atoms with Crippen LogP contribution in [0.25, 0.3) is 0 Å². The number of hydrogen-bond donors (Lipinski definition) is 2. The molecule has 7 nitrogen and oxygen atoms in total. The van der Waals surface area contributed by atoms with Crippen molar-refractivity contribution in [2.45, 2.75) is 6.92 Å². The molecule has 0 unspecified atom stereocenters. The van der Waals surface area contributed by atoms with Crippen molar-refractivity contribution in [3.63, 3.8) is 0 Å². The number of anilines is 1. The van der Waals surface area contributed by atoms with Crippen LogP contribution in [0.1, 0.15) is 26.6 Å². The Morgan fingerprint density at radius 3 is 2.48 bits per heavy atom. The van der Waals surface area contributed by atoms with Crippen LogP contribution in [-0.2, 0) is 0 Å². The first-order chi connectivity index (χ1) is 12.0. The molecule has 0 saturated heterocycles. The Hall–Kier alpha value is -3.61. The summed E-state index contributed by atoms with van der Waals surface area (Å²) in [6, 6.07) is 14.9. The molecule has 25 heavy (non-hydrogen) atoms. The first-order valence-electron chi connectivity index (χ1n) is 7.44. The average molecular weight is 337 g/mol. The molecule has 3 N–H and O–H groups in total. The number of rotatable bonds is 5. The monoisotopic (exact) mass is 337 g/mol. The molecule has 2 aromatic carbocycles. The van der Waals surface area contributed by atoms with Gasteiger partial charge in [0.15, 0.2) is 0 Å². The third kappa shape index (κ3) is 4.03. The number of aryl methyl sites for hydroxylation is 1. The maximum absolute atomic E-state index is 12.0. The molecule has 1 aromatic heterocycles. The van der Waals surface area contributed by atoms with Crippen LogP contribution in [-0.4, -0.2) is 17.0 Å². The maximum atomic E-state index is 12.0. The summed E-state index contributed by atoms with van der Waals surface area (Å²) >= 11 is 0. The van der Waals surface area contributed by atoms with E-state index < -0.39 is 5.91 Å². The van der Waals surface area contributed by atoms with Crippen LogP contribution in [0.2, 0.25) is 0 Å². The summed E-state index contributed by atoms with van der Waals surface area (Å²) in [7, 11) is 0. The smallest absolute Gasteiger partial charge is 0.294 e. The van der Waals surface area contributed by atoms with Gasteiger partial charge in [0.2, 0.25) is 11.7 Å². The standard InChI is InChI=1S/C18H15N3O4/c1-11-9-16(25-21-11)18(23)20-13-5-7-14(8-6-13)24-15-4-2-3-12(10-15)17(19)22/h2-10H,1H3,(H2,19,22)(H,20,23). The number of nitrogens with two attached hydrogens (primary N) is 1. The van der Waals surface area contributed by atoms with E-state index in [1.807, 2.05) is 0 Å². The fourth-order valence-electron chi connectivity index (χ4n) is 2.12. The van der Waals surface area contributed by atoms with Gasteiger partial charge >= 0.3 is 0 Å². The number of aromatic nitrogens is 1. The first kappa shape index (κ1) is 16.3. The number of primary amides is 1. The average Bonchev–Trinajstić information content (AvgIpc) is 3.03. The minimum absolute atomic E-state index is 0.140. The number of benzene rings is 2. The number of ether oxygens (including phenoxy) is 1. The second kappa shape index (κ2) is 6.88. The van der Waals surface area contributed by atoms with Crippen molar-refractivity contribution in [1.29, 1.82) is 0 Å². The van der Waals surface area contributed by atoms with Gasteiger partial charge in [-0.2, -0.15) is 0 Å². The van der Waals surface area contributed by atoms with Crippen molar-refractivity contribution in [3.8, 4) is 11.5 Å². The van der Waals surface area contributed by atoms with E-state index in [4.69, 9.17) is 15.0 Å². The summed E-state index contributed by atoms with van der Waals surface area (Å²) in [6.45, 7) is 1.74. The molecule has 0 aliphatic carbocycles. The number of nitrogens with one attached hydrogen (secondary N) is 1. The van der Waals surface area contributed by atoms with E-state index in [0.29, 0.717) is 28.4 Å². The fourth-order valence-corrected chi connectivity index (χ4v) is 2.12. The summed E-state index contributed by atoms with van der Waals surface area (Å²) in [4.78, 5) is 23.2. The predicted octanol–water partition coefficient (Wildman–Crippen LogP) is 3.13. The van der Waals surface area contributed by atoms with Gasteiger partial charge in [-0.1, -0.05) is 11.2 Å². The van der Waals surface area contributed by atoms with Crippen molar-refractivity contribution >= 4 is 17.5 Å². The molecule has 0 bridgehead atoms.